The van der Waals surface area contributed by atoms with E-state index >= 15 is 0 Å². The fourth-order valence-corrected chi connectivity index (χ4v) is 2.84. The number of nitrogens with two attached hydrogens (primary N) is 1. The van der Waals surface area contributed by atoms with Crippen molar-refractivity contribution in [1.29, 1.82) is 0 Å². The highest BCUT2D eigenvalue weighted by Crippen LogP contribution is 2.16. The Morgan fingerprint density at radius 2 is 2.28 bits per heavy atom. The van der Waals surface area contributed by atoms with Crippen LogP contribution >= 0.6 is 11.3 Å². The molecule has 1 atom stereocenters. The molecule has 0 fully saturated rings. The number of hydrogen-bond donors (Lipinski definition) is 1. The fraction of sp³-hybridized carbons (Fsp3) is 0.500. The molecule has 0 aliphatic carbocycles. The van der Waals surface area contributed by atoms with Crippen LogP contribution in [0.4, 0.5) is 0 Å². The molecule has 2 heterocycles. The van der Waals surface area contributed by atoms with Crippen molar-refractivity contribution in [2.24, 2.45) is 5.73 Å². The van der Waals surface area contributed by atoms with Gasteiger partial charge in [-0.2, -0.15) is 0 Å². The van der Waals surface area contributed by atoms with Gasteiger partial charge in [-0.25, -0.2) is 4.98 Å². The fourth-order valence-electron chi connectivity index (χ4n) is 1.95. The van der Waals surface area contributed by atoms with Crippen molar-refractivity contribution >= 4 is 11.3 Å². The second-order valence-corrected chi connectivity index (χ2v) is 5.56. The smallest absolute Gasteiger partial charge is 0.0928 e. The molecular weight excluding hydrogens is 242 g/mol. The van der Waals surface area contributed by atoms with Gasteiger partial charge in [0.1, 0.15) is 0 Å². The molecule has 0 bridgehead atoms. The molecule has 2 aromatic rings. The van der Waals surface area contributed by atoms with Crippen molar-refractivity contribution in [3.05, 3.63) is 40.1 Å². The highest BCUT2D eigenvalue weighted by Gasteiger charge is 2.06. The van der Waals surface area contributed by atoms with Crippen LogP contribution in [0, 0.1) is 0 Å². The zero-order chi connectivity index (χ0) is 13.0. The molecule has 2 rings (SSSR count). The largest absolute Gasteiger partial charge is 0.348 e. The Kier molecular flexibility index (Phi) is 4.55. The minimum absolute atomic E-state index is 0.150. The number of thiazole rings is 1. The van der Waals surface area contributed by atoms with Crippen LogP contribution in [0.15, 0.2) is 23.8 Å². The molecular formula is C14H21N3S. The van der Waals surface area contributed by atoms with Crippen LogP contribution in [0.2, 0.25) is 0 Å². The lowest BCUT2D eigenvalue weighted by Gasteiger charge is -2.05. The van der Waals surface area contributed by atoms with Gasteiger partial charge in [0.25, 0.3) is 0 Å². The molecule has 2 aromatic heterocycles. The van der Waals surface area contributed by atoms with Gasteiger partial charge >= 0.3 is 0 Å². The molecule has 18 heavy (non-hydrogen) atoms. The van der Waals surface area contributed by atoms with Crippen LogP contribution < -0.4 is 5.73 Å². The van der Waals surface area contributed by atoms with Crippen LogP contribution in [0.25, 0.3) is 0 Å². The summed E-state index contributed by atoms with van der Waals surface area (Å²) in [7, 11) is 0. The number of hydrogen-bond acceptors (Lipinski definition) is 3. The molecule has 0 aliphatic heterocycles. The lowest BCUT2D eigenvalue weighted by Crippen LogP contribution is -2.07. The summed E-state index contributed by atoms with van der Waals surface area (Å²) in [6, 6.07) is 2.25. The Balaban J connectivity index is 2.01. The third-order valence-electron chi connectivity index (χ3n) is 3.05. The van der Waals surface area contributed by atoms with Crippen molar-refractivity contribution < 1.29 is 0 Å². The molecule has 4 heteroatoms. The first-order valence-electron chi connectivity index (χ1n) is 6.57. The van der Waals surface area contributed by atoms with E-state index in [4.69, 9.17) is 5.73 Å². The van der Waals surface area contributed by atoms with Gasteiger partial charge in [-0.3, -0.25) is 0 Å². The normalized spacial score (nSPS) is 12.8. The van der Waals surface area contributed by atoms with E-state index in [1.54, 1.807) is 11.3 Å². The number of rotatable bonds is 6. The molecule has 2 N–H and O–H groups in total. The molecule has 0 aromatic carbocycles. The highest BCUT2D eigenvalue weighted by atomic mass is 32.1. The van der Waals surface area contributed by atoms with Gasteiger partial charge in [-0.1, -0.05) is 13.8 Å². The summed E-state index contributed by atoms with van der Waals surface area (Å²) in [6.07, 6.45) is 7.44. The van der Waals surface area contributed by atoms with Crippen LogP contribution in [-0.2, 0) is 13.0 Å². The van der Waals surface area contributed by atoms with E-state index in [0.29, 0.717) is 0 Å². The first-order chi connectivity index (χ1) is 8.72. The zero-order valence-corrected chi connectivity index (χ0v) is 11.9. The Labute approximate surface area is 113 Å². The van der Waals surface area contributed by atoms with E-state index in [-0.39, 0.29) is 6.04 Å². The predicted octanol–water partition coefficient (Wildman–Crippen LogP) is 3.36. The van der Waals surface area contributed by atoms with Crippen LogP contribution in [0.5, 0.6) is 0 Å². The Morgan fingerprint density at radius 1 is 1.44 bits per heavy atom. The van der Waals surface area contributed by atoms with Gasteiger partial charge in [0.2, 0.25) is 0 Å². The van der Waals surface area contributed by atoms with Gasteiger partial charge < -0.3 is 10.3 Å². The maximum Gasteiger partial charge on any atom is 0.0928 e. The standard InChI is InChI=1S/C14H21N3S/c1-3-5-14-16-12(10-18-14)9-17-7-6-11(8-17)13(15)4-2/h6-8,10,13H,3-5,9,15H2,1-2H3. The summed E-state index contributed by atoms with van der Waals surface area (Å²) in [6.45, 7) is 5.14. The van der Waals surface area contributed by atoms with Crippen LogP contribution in [-0.4, -0.2) is 9.55 Å². The van der Waals surface area contributed by atoms with E-state index in [2.05, 4.69) is 47.2 Å². The van der Waals surface area contributed by atoms with E-state index in [1.807, 2.05) is 0 Å². The summed E-state index contributed by atoms with van der Waals surface area (Å²) in [5.74, 6) is 0. The molecule has 0 spiro atoms. The second kappa shape index (κ2) is 6.16. The van der Waals surface area contributed by atoms with Crippen molar-refractivity contribution in [3.8, 4) is 0 Å². The molecule has 0 aliphatic rings. The maximum absolute atomic E-state index is 6.02. The van der Waals surface area contributed by atoms with Crippen molar-refractivity contribution in [3.63, 3.8) is 0 Å². The average Bonchev–Trinajstić information content (AvgIpc) is 2.99. The summed E-state index contributed by atoms with van der Waals surface area (Å²) >= 11 is 1.76. The third kappa shape index (κ3) is 3.21. The number of nitrogens with zero attached hydrogens (tertiary/aromatic N) is 2. The van der Waals surface area contributed by atoms with Gasteiger partial charge in [-0.05, 0) is 30.9 Å². The molecule has 3 nitrogen and oxygen atoms in total. The van der Waals surface area contributed by atoms with E-state index in [0.717, 1.165) is 31.5 Å². The summed E-state index contributed by atoms with van der Waals surface area (Å²) in [5, 5.41) is 3.40. The van der Waals surface area contributed by atoms with Crippen molar-refractivity contribution in [1.82, 2.24) is 9.55 Å². The Hall–Kier alpha value is -1.13. The first-order valence-corrected chi connectivity index (χ1v) is 7.45. The molecule has 1 unspecified atom stereocenters. The van der Waals surface area contributed by atoms with Crippen molar-refractivity contribution in [2.45, 2.75) is 45.7 Å². The summed E-state index contributed by atoms with van der Waals surface area (Å²) in [5.41, 5.74) is 8.38. The van der Waals surface area contributed by atoms with E-state index in [1.165, 1.54) is 10.6 Å². The zero-order valence-electron chi connectivity index (χ0n) is 11.1. The Bertz CT molecular complexity index is 487. The average molecular weight is 263 g/mol. The summed E-state index contributed by atoms with van der Waals surface area (Å²) in [4.78, 5) is 4.64. The maximum atomic E-state index is 6.02. The van der Waals surface area contributed by atoms with E-state index in [9.17, 15) is 0 Å². The van der Waals surface area contributed by atoms with Gasteiger partial charge in [0.05, 0.1) is 17.2 Å². The van der Waals surface area contributed by atoms with Gasteiger partial charge in [0, 0.05) is 23.8 Å². The lowest BCUT2D eigenvalue weighted by molar-refractivity contribution is 0.691. The molecule has 0 amide bonds. The predicted molar refractivity (Wildman–Crippen MR) is 76.9 cm³/mol. The Morgan fingerprint density at radius 3 is 3.00 bits per heavy atom. The minimum atomic E-state index is 0.150. The topological polar surface area (TPSA) is 43.8 Å². The van der Waals surface area contributed by atoms with Gasteiger partial charge in [0.15, 0.2) is 0 Å². The SMILES string of the molecule is CCCc1nc(Cn2ccc(C(N)CC)c2)cs1. The molecule has 0 saturated carbocycles. The van der Waals surface area contributed by atoms with Crippen LogP contribution in [0.1, 0.15) is 49.0 Å². The lowest BCUT2D eigenvalue weighted by atomic mass is 10.1. The van der Waals surface area contributed by atoms with Crippen LogP contribution in [0.3, 0.4) is 0 Å². The first kappa shape index (κ1) is 13.3. The van der Waals surface area contributed by atoms with Gasteiger partial charge in [-0.15, -0.1) is 11.3 Å². The molecule has 0 saturated heterocycles. The third-order valence-corrected chi connectivity index (χ3v) is 4.01. The second-order valence-electron chi connectivity index (χ2n) is 4.61. The molecule has 98 valence electrons. The van der Waals surface area contributed by atoms with E-state index < -0.39 is 0 Å². The molecule has 0 radical (unpaired) electrons. The van der Waals surface area contributed by atoms with Crippen molar-refractivity contribution in [2.75, 3.05) is 0 Å². The minimum Gasteiger partial charge on any atom is -0.348 e. The summed E-state index contributed by atoms with van der Waals surface area (Å²) < 4.78 is 2.16. The number of aromatic nitrogens is 2. The monoisotopic (exact) mass is 263 g/mol. The highest BCUT2D eigenvalue weighted by molar-refractivity contribution is 7.09. The number of aryl methyl sites for hydroxylation is 1. The quantitative estimate of drug-likeness (QED) is 0.868.